The van der Waals surface area contributed by atoms with Gasteiger partial charge in [0.2, 0.25) is 5.91 Å². The molecule has 138 valence electrons. The molecule has 0 saturated carbocycles. The Hall–Kier alpha value is -3.75. The highest BCUT2D eigenvalue weighted by Gasteiger charge is 2.15. The number of para-hydroxylation sites is 2. The van der Waals surface area contributed by atoms with Gasteiger partial charge >= 0.3 is 0 Å². The number of hydrogen-bond donors (Lipinski definition) is 3. The van der Waals surface area contributed by atoms with Crippen molar-refractivity contribution < 1.29 is 14.5 Å². The first-order valence-electron chi connectivity index (χ1n) is 8.20. The molecular weight excluding hydrogens is 350 g/mol. The largest absolute Gasteiger partial charge is 0.345 e. The molecule has 0 aliphatic heterocycles. The number of hydrogen-bond acceptors (Lipinski definition) is 5. The minimum Gasteiger partial charge on any atom is -0.345 e. The zero-order chi connectivity index (χ0) is 19.4. The summed E-state index contributed by atoms with van der Waals surface area (Å²) >= 11 is 0. The molecule has 3 rings (SSSR count). The fourth-order valence-corrected chi connectivity index (χ4v) is 2.56. The molecule has 9 nitrogen and oxygen atoms in total. The highest BCUT2D eigenvalue weighted by molar-refractivity contribution is 5.97. The normalized spacial score (nSPS) is 11.7. The SMILES string of the molecule is C[C@@H](NC(=O)CNC(=O)c1cccc([N+](=O)[O-])c1)c1nc2ccccc2[nH]1. The number of aromatic amines is 1. The number of nitrogens with zero attached hydrogens (tertiary/aromatic N) is 2. The van der Waals surface area contributed by atoms with Crippen LogP contribution in [-0.2, 0) is 4.79 Å². The third kappa shape index (κ3) is 4.27. The van der Waals surface area contributed by atoms with Crippen LogP contribution in [0, 0.1) is 10.1 Å². The van der Waals surface area contributed by atoms with E-state index in [9.17, 15) is 19.7 Å². The summed E-state index contributed by atoms with van der Waals surface area (Å²) in [6.45, 7) is 1.52. The maximum atomic E-state index is 12.1. The van der Waals surface area contributed by atoms with Crippen LogP contribution in [0.25, 0.3) is 11.0 Å². The second-order valence-corrected chi connectivity index (χ2v) is 5.92. The van der Waals surface area contributed by atoms with Crippen molar-refractivity contribution in [2.24, 2.45) is 0 Å². The molecule has 0 radical (unpaired) electrons. The molecule has 1 aromatic heterocycles. The third-order valence-electron chi connectivity index (χ3n) is 3.92. The van der Waals surface area contributed by atoms with Crippen molar-refractivity contribution in [2.75, 3.05) is 6.54 Å². The van der Waals surface area contributed by atoms with Gasteiger partial charge in [-0.1, -0.05) is 18.2 Å². The van der Waals surface area contributed by atoms with Gasteiger partial charge in [-0.15, -0.1) is 0 Å². The molecule has 0 spiro atoms. The second kappa shape index (κ2) is 7.65. The van der Waals surface area contributed by atoms with Gasteiger partial charge in [-0.3, -0.25) is 19.7 Å². The van der Waals surface area contributed by atoms with Crippen LogP contribution in [0.1, 0.15) is 29.1 Å². The van der Waals surface area contributed by atoms with Gasteiger partial charge in [-0.2, -0.15) is 0 Å². The lowest BCUT2D eigenvalue weighted by Gasteiger charge is -2.12. The summed E-state index contributed by atoms with van der Waals surface area (Å²) in [5.41, 5.74) is 1.59. The molecule has 2 aromatic carbocycles. The van der Waals surface area contributed by atoms with E-state index in [4.69, 9.17) is 0 Å². The first-order valence-corrected chi connectivity index (χ1v) is 8.20. The predicted octanol–water partition coefficient (Wildman–Crippen LogP) is 2.08. The van der Waals surface area contributed by atoms with Gasteiger partial charge < -0.3 is 15.6 Å². The summed E-state index contributed by atoms with van der Waals surface area (Å²) in [6.07, 6.45) is 0. The molecule has 1 heterocycles. The fourth-order valence-electron chi connectivity index (χ4n) is 2.56. The van der Waals surface area contributed by atoms with E-state index >= 15 is 0 Å². The number of imidazole rings is 1. The lowest BCUT2D eigenvalue weighted by atomic mass is 10.2. The van der Waals surface area contributed by atoms with Crippen molar-refractivity contribution in [1.29, 1.82) is 0 Å². The highest BCUT2D eigenvalue weighted by Crippen LogP contribution is 2.15. The Morgan fingerprint density at radius 2 is 2.00 bits per heavy atom. The van der Waals surface area contributed by atoms with Crippen molar-refractivity contribution in [1.82, 2.24) is 20.6 Å². The molecule has 0 bridgehead atoms. The van der Waals surface area contributed by atoms with E-state index in [2.05, 4.69) is 20.6 Å². The molecule has 0 saturated heterocycles. The molecule has 3 aromatic rings. The predicted molar refractivity (Wildman–Crippen MR) is 98.1 cm³/mol. The minimum absolute atomic E-state index is 0.113. The number of non-ortho nitro benzene ring substituents is 1. The summed E-state index contributed by atoms with van der Waals surface area (Å²) in [5.74, 6) is -0.360. The van der Waals surface area contributed by atoms with Gasteiger partial charge in [-0.05, 0) is 25.1 Å². The molecule has 1 atom stereocenters. The number of benzene rings is 2. The summed E-state index contributed by atoms with van der Waals surface area (Å²) in [5, 5.41) is 15.9. The Morgan fingerprint density at radius 1 is 1.22 bits per heavy atom. The third-order valence-corrected chi connectivity index (χ3v) is 3.92. The van der Waals surface area contributed by atoms with Crippen molar-refractivity contribution in [3.8, 4) is 0 Å². The first-order chi connectivity index (χ1) is 12.9. The summed E-state index contributed by atoms with van der Waals surface area (Å²) in [4.78, 5) is 41.9. The number of nitro groups is 1. The Balaban J connectivity index is 1.56. The van der Waals surface area contributed by atoms with Gasteiger partial charge in [0.15, 0.2) is 0 Å². The lowest BCUT2D eigenvalue weighted by molar-refractivity contribution is -0.384. The quantitative estimate of drug-likeness (QED) is 0.453. The summed E-state index contributed by atoms with van der Waals surface area (Å²) < 4.78 is 0. The smallest absolute Gasteiger partial charge is 0.270 e. The van der Waals surface area contributed by atoms with Crippen molar-refractivity contribution in [2.45, 2.75) is 13.0 Å². The van der Waals surface area contributed by atoms with Gasteiger partial charge in [0.1, 0.15) is 5.82 Å². The number of aromatic nitrogens is 2. The number of carbonyl (C=O) groups is 2. The average molecular weight is 367 g/mol. The number of fused-ring (bicyclic) bond motifs is 1. The molecule has 0 fully saturated rings. The van der Waals surface area contributed by atoms with Crippen LogP contribution < -0.4 is 10.6 Å². The monoisotopic (exact) mass is 367 g/mol. The van der Waals surface area contributed by atoms with E-state index in [1.54, 1.807) is 6.92 Å². The zero-order valence-corrected chi connectivity index (χ0v) is 14.4. The molecule has 3 N–H and O–H groups in total. The van der Waals surface area contributed by atoms with E-state index < -0.39 is 16.7 Å². The zero-order valence-electron chi connectivity index (χ0n) is 14.4. The standard InChI is InChI=1S/C18H17N5O4/c1-11(17-21-14-7-2-3-8-15(14)22-17)20-16(24)10-19-18(25)12-5-4-6-13(9-12)23(26)27/h2-9,11H,10H2,1H3,(H,19,25)(H,20,24)(H,21,22)/t11-/m1/s1. The highest BCUT2D eigenvalue weighted by atomic mass is 16.6. The number of rotatable bonds is 6. The molecule has 9 heteroatoms. The minimum atomic E-state index is -0.585. The van der Waals surface area contributed by atoms with E-state index in [0.717, 1.165) is 17.1 Å². The molecule has 27 heavy (non-hydrogen) atoms. The molecule has 0 aliphatic carbocycles. The van der Waals surface area contributed by atoms with E-state index in [-0.39, 0.29) is 23.8 Å². The maximum absolute atomic E-state index is 12.1. The molecule has 0 aliphatic rings. The van der Waals surface area contributed by atoms with Crippen molar-refractivity contribution in [3.05, 3.63) is 70.0 Å². The Morgan fingerprint density at radius 3 is 2.74 bits per heavy atom. The van der Waals surface area contributed by atoms with Crippen molar-refractivity contribution in [3.63, 3.8) is 0 Å². The van der Waals surface area contributed by atoms with Crippen LogP contribution in [0.2, 0.25) is 0 Å². The van der Waals surface area contributed by atoms with Crippen LogP contribution >= 0.6 is 0 Å². The Labute approximate surface area is 153 Å². The Bertz CT molecular complexity index is 981. The van der Waals surface area contributed by atoms with Gasteiger partial charge in [0, 0.05) is 17.7 Å². The van der Waals surface area contributed by atoms with Crippen LogP contribution in [0.4, 0.5) is 5.69 Å². The Kier molecular flexibility index (Phi) is 5.11. The number of carbonyl (C=O) groups excluding carboxylic acids is 2. The van der Waals surface area contributed by atoms with Gasteiger partial charge in [-0.25, -0.2) is 4.98 Å². The van der Waals surface area contributed by atoms with E-state index in [1.807, 2.05) is 24.3 Å². The second-order valence-electron chi connectivity index (χ2n) is 5.92. The van der Waals surface area contributed by atoms with Crippen LogP contribution in [-0.4, -0.2) is 33.3 Å². The topological polar surface area (TPSA) is 130 Å². The van der Waals surface area contributed by atoms with E-state index in [1.165, 1.54) is 18.2 Å². The first kappa shape index (κ1) is 18.1. The van der Waals surface area contributed by atoms with Gasteiger partial charge in [0.05, 0.1) is 28.5 Å². The molecule has 2 amide bonds. The van der Waals surface area contributed by atoms with Crippen LogP contribution in [0.5, 0.6) is 0 Å². The molecular formula is C18H17N5O4. The van der Waals surface area contributed by atoms with Gasteiger partial charge in [0.25, 0.3) is 11.6 Å². The number of amides is 2. The number of H-pyrrole nitrogens is 1. The van der Waals surface area contributed by atoms with E-state index in [0.29, 0.717) is 5.82 Å². The summed E-state index contributed by atoms with van der Waals surface area (Å²) in [7, 11) is 0. The maximum Gasteiger partial charge on any atom is 0.270 e. The number of nitro benzene ring substituents is 1. The average Bonchev–Trinajstić information content (AvgIpc) is 3.10. The van der Waals surface area contributed by atoms with Crippen molar-refractivity contribution >= 4 is 28.5 Å². The van der Waals surface area contributed by atoms with Crippen LogP contribution in [0.3, 0.4) is 0 Å². The summed E-state index contributed by atoms with van der Waals surface area (Å²) in [6, 6.07) is 12.4. The van der Waals surface area contributed by atoms with Crippen LogP contribution in [0.15, 0.2) is 48.5 Å². The number of nitrogens with one attached hydrogen (secondary N) is 3. The molecule has 0 unspecified atom stereocenters. The fraction of sp³-hybridized carbons (Fsp3) is 0.167. The lowest BCUT2D eigenvalue weighted by Crippen LogP contribution is -2.38.